The summed E-state index contributed by atoms with van der Waals surface area (Å²) in [5, 5.41) is 12.8. The molecular weight excluding hydrogens is 314 g/mol. The molecular formula is C21H27NO3. The number of carbonyl (C=O) groups is 1. The Kier molecular flexibility index (Phi) is 9.71. The topological polar surface area (TPSA) is 58.6 Å². The molecule has 0 aliphatic carbocycles. The molecule has 0 saturated carbocycles. The molecule has 134 valence electrons. The van der Waals surface area contributed by atoms with Crippen LogP contribution in [0.2, 0.25) is 0 Å². The number of hydrogen-bond acceptors (Lipinski definition) is 4. The number of ether oxygens (including phenoxy) is 1. The van der Waals surface area contributed by atoms with Gasteiger partial charge in [0.25, 0.3) is 0 Å². The van der Waals surface area contributed by atoms with Crippen LogP contribution in [0, 0.1) is 0 Å². The van der Waals surface area contributed by atoms with E-state index in [1.54, 1.807) is 6.08 Å². The Balaban J connectivity index is 2.58. The number of aldehydes is 1. The molecule has 2 N–H and O–H groups in total. The van der Waals surface area contributed by atoms with Crippen molar-refractivity contribution in [1.82, 2.24) is 5.32 Å². The van der Waals surface area contributed by atoms with E-state index < -0.39 is 0 Å². The number of hydrogen-bond donors (Lipinski definition) is 2. The molecule has 0 spiro atoms. The SMILES string of the molecule is C/C=C(\C=C/NC)c1ccc(COC/C=C(O)\C(C=O)=C/CC)cc1. The van der Waals surface area contributed by atoms with Gasteiger partial charge in [-0.1, -0.05) is 43.3 Å². The van der Waals surface area contributed by atoms with E-state index in [-0.39, 0.29) is 12.4 Å². The molecule has 0 amide bonds. The zero-order valence-corrected chi connectivity index (χ0v) is 15.2. The molecule has 0 saturated heterocycles. The fraction of sp³-hybridized carbons (Fsp3) is 0.286. The monoisotopic (exact) mass is 341 g/mol. The lowest BCUT2D eigenvalue weighted by Crippen LogP contribution is -1.97. The second-order valence-electron chi connectivity index (χ2n) is 5.35. The first-order valence-corrected chi connectivity index (χ1v) is 8.38. The van der Waals surface area contributed by atoms with Gasteiger partial charge in [0.05, 0.1) is 18.8 Å². The maximum Gasteiger partial charge on any atom is 0.153 e. The minimum atomic E-state index is -0.0405. The number of nitrogens with one attached hydrogen (secondary N) is 1. The predicted molar refractivity (Wildman–Crippen MR) is 103 cm³/mol. The quantitative estimate of drug-likeness (QED) is 0.219. The predicted octanol–water partition coefficient (Wildman–Crippen LogP) is 4.32. The first-order chi connectivity index (χ1) is 12.2. The van der Waals surface area contributed by atoms with Crippen molar-refractivity contribution in [2.75, 3.05) is 13.7 Å². The van der Waals surface area contributed by atoms with E-state index in [1.807, 2.05) is 45.3 Å². The van der Waals surface area contributed by atoms with Gasteiger partial charge in [-0.3, -0.25) is 4.79 Å². The Bertz CT molecular complexity index is 652. The van der Waals surface area contributed by atoms with E-state index in [4.69, 9.17) is 4.74 Å². The molecule has 4 nitrogen and oxygen atoms in total. The maximum atomic E-state index is 10.8. The first kappa shape index (κ1) is 20.5. The van der Waals surface area contributed by atoms with Gasteiger partial charge in [-0.25, -0.2) is 0 Å². The standard InChI is InChI=1S/C21H27NO3/c1-4-6-20(15-23)21(24)12-14-25-16-17-7-9-19(10-8-17)18(5-2)11-13-22-3/h5-13,15,22,24H,4,14,16H2,1-3H3/b13-11-,18-5+,20-6-,21-12+. The Morgan fingerprint density at radius 3 is 2.52 bits per heavy atom. The Morgan fingerprint density at radius 1 is 1.24 bits per heavy atom. The summed E-state index contributed by atoms with van der Waals surface area (Å²) in [5.74, 6) is -0.0405. The van der Waals surface area contributed by atoms with Gasteiger partial charge in [-0.05, 0) is 48.4 Å². The zero-order valence-electron chi connectivity index (χ0n) is 15.2. The third-order valence-corrected chi connectivity index (χ3v) is 3.54. The van der Waals surface area contributed by atoms with Crippen LogP contribution in [0.5, 0.6) is 0 Å². The summed E-state index contributed by atoms with van der Waals surface area (Å²) in [7, 11) is 1.87. The van der Waals surface area contributed by atoms with Crippen molar-refractivity contribution in [3.8, 4) is 0 Å². The number of aliphatic hydroxyl groups excluding tert-OH is 1. The molecule has 0 heterocycles. The van der Waals surface area contributed by atoms with Crippen LogP contribution in [-0.2, 0) is 16.1 Å². The molecule has 0 aliphatic rings. The number of carbonyl (C=O) groups excluding carboxylic acids is 1. The lowest BCUT2D eigenvalue weighted by molar-refractivity contribution is -0.104. The fourth-order valence-corrected chi connectivity index (χ4v) is 2.19. The van der Waals surface area contributed by atoms with Gasteiger partial charge in [0.2, 0.25) is 0 Å². The average molecular weight is 341 g/mol. The third kappa shape index (κ3) is 7.23. The molecule has 0 atom stereocenters. The number of aliphatic hydroxyl groups is 1. The molecule has 4 heteroatoms. The summed E-state index contributed by atoms with van der Waals surface area (Å²) in [6.07, 6.45) is 10.5. The normalized spacial score (nSPS) is 13.3. The lowest BCUT2D eigenvalue weighted by atomic mass is 10.0. The van der Waals surface area contributed by atoms with E-state index in [9.17, 15) is 9.90 Å². The van der Waals surface area contributed by atoms with Gasteiger partial charge in [0.1, 0.15) is 5.76 Å². The highest BCUT2D eigenvalue weighted by Crippen LogP contribution is 2.17. The van der Waals surface area contributed by atoms with Crippen LogP contribution in [0.4, 0.5) is 0 Å². The van der Waals surface area contributed by atoms with Gasteiger partial charge >= 0.3 is 0 Å². The summed E-state index contributed by atoms with van der Waals surface area (Å²) < 4.78 is 5.54. The second-order valence-corrected chi connectivity index (χ2v) is 5.35. The largest absolute Gasteiger partial charge is 0.507 e. The molecule has 1 aromatic rings. The van der Waals surface area contributed by atoms with Crippen LogP contribution in [0.1, 0.15) is 31.4 Å². The Hall–Kier alpha value is -2.59. The minimum Gasteiger partial charge on any atom is -0.507 e. The van der Waals surface area contributed by atoms with Crippen LogP contribution < -0.4 is 5.32 Å². The summed E-state index contributed by atoms with van der Waals surface area (Å²) in [5.41, 5.74) is 3.61. The van der Waals surface area contributed by atoms with E-state index in [0.29, 0.717) is 24.9 Å². The molecule has 0 aromatic heterocycles. The zero-order chi connectivity index (χ0) is 18.5. The Morgan fingerprint density at radius 2 is 1.96 bits per heavy atom. The highest BCUT2D eigenvalue weighted by atomic mass is 16.5. The molecule has 0 radical (unpaired) electrons. The highest BCUT2D eigenvalue weighted by Gasteiger charge is 2.01. The van der Waals surface area contributed by atoms with Crippen molar-refractivity contribution in [1.29, 1.82) is 0 Å². The Labute approximate surface area is 150 Å². The van der Waals surface area contributed by atoms with Crippen LogP contribution in [0.15, 0.2) is 66.1 Å². The van der Waals surface area contributed by atoms with Gasteiger partial charge in [0.15, 0.2) is 6.29 Å². The molecule has 0 fully saturated rings. The van der Waals surface area contributed by atoms with E-state index in [1.165, 1.54) is 6.08 Å². The number of rotatable bonds is 10. The molecule has 25 heavy (non-hydrogen) atoms. The van der Waals surface area contributed by atoms with Crippen molar-refractivity contribution in [3.63, 3.8) is 0 Å². The lowest BCUT2D eigenvalue weighted by Gasteiger charge is -2.06. The van der Waals surface area contributed by atoms with E-state index >= 15 is 0 Å². The second kappa shape index (κ2) is 11.9. The summed E-state index contributed by atoms with van der Waals surface area (Å²) in [4.78, 5) is 10.8. The number of benzene rings is 1. The molecule has 0 bridgehead atoms. The van der Waals surface area contributed by atoms with Crippen LogP contribution in [-0.4, -0.2) is 25.0 Å². The van der Waals surface area contributed by atoms with Gasteiger partial charge in [-0.15, -0.1) is 0 Å². The first-order valence-electron chi connectivity index (χ1n) is 8.38. The van der Waals surface area contributed by atoms with Crippen LogP contribution in [0.25, 0.3) is 5.57 Å². The van der Waals surface area contributed by atoms with Gasteiger partial charge < -0.3 is 15.2 Å². The maximum absolute atomic E-state index is 10.8. The average Bonchev–Trinajstić information content (AvgIpc) is 2.64. The molecule has 1 rings (SSSR count). The van der Waals surface area contributed by atoms with Crippen molar-refractivity contribution in [2.45, 2.75) is 26.9 Å². The minimum absolute atomic E-state index is 0.0405. The summed E-state index contributed by atoms with van der Waals surface area (Å²) >= 11 is 0. The molecule has 0 aliphatic heterocycles. The smallest absolute Gasteiger partial charge is 0.153 e. The van der Waals surface area contributed by atoms with Crippen LogP contribution >= 0.6 is 0 Å². The molecule has 1 aromatic carbocycles. The van der Waals surface area contributed by atoms with Crippen molar-refractivity contribution in [3.05, 3.63) is 77.2 Å². The van der Waals surface area contributed by atoms with Crippen LogP contribution in [0.3, 0.4) is 0 Å². The highest BCUT2D eigenvalue weighted by molar-refractivity contribution is 5.78. The van der Waals surface area contributed by atoms with E-state index in [0.717, 1.165) is 16.7 Å². The van der Waals surface area contributed by atoms with Gasteiger partial charge in [0, 0.05) is 7.05 Å². The fourth-order valence-electron chi connectivity index (χ4n) is 2.19. The molecule has 0 unspecified atom stereocenters. The number of allylic oxidation sites excluding steroid dienone is 5. The van der Waals surface area contributed by atoms with Crippen molar-refractivity contribution in [2.24, 2.45) is 0 Å². The van der Waals surface area contributed by atoms with Gasteiger partial charge in [-0.2, -0.15) is 0 Å². The summed E-state index contributed by atoms with van der Waals surface area (Å²) in [6, 6.07) is 8.14. The van der Waals surface area contributed by atoms with E-state index in [2.05, 4.69) is 23.5 Å². The van der Waals surface area contributed by atoms with Crippen molar-refractivity contribution < 1.29 is 14.6 Å². The van der Waals surface area contributed by atoms with Crippen molar-refractivity contribution >= 4 is 11.9 Å². The summed E-state index contributed by atoms with van der Waals surface area (Å²) in [6.45, 7) is 4.60. The third-order valence-electron chi connectivity index (χ3n) is 3.54.